The van der Waals surface area contributed by atoms with Gasteiger partial charge in [0, 0.05) is 34.4 Å². The number of hydrogen-bond donors (Lipinski definition) is 3. The van der Waals surface area contributed by atoms with Crippen molar-refractivity contribution >= 4 is 34.9 Å². The van der Waals surface area contributed by atoms with Crippen LogP contribution in [0.3, 0.4) is 0 Å². The van der Waals surface area contributed by atoms with Crippen molar-refractivity contribution in [3.8, 4) is 11.1 Å². The Hall–Kier alpha value is -4.23. The van der Waals surface area contributed by atoms with Gasteiger partial charge in [0.25, 0.3) is 5.91 Å². The molecule has 0 fully saturated rings. The molecular weight excluding hydrogens is 455 g/mol. The molecule has 1 aromatic heterocycles. The van der Waals surface area contributed by atoms with Gasteiger partial charge in [-0.2, -0.15) is 0 Å². The van der Waals surface area contributed by atoms with Crippen molar-refractivity contribution in [3.63, 3.8) is 0 Å². The van der Waals surface area contributed by atoms with E-state index < -0.39 is 23.8 Å². The molecule has 0 bridgehead atoms. The van der Waals surface area contributed by atoms with Crippen molar-refractivity contribution in [3.05, 3.63) is 114 Å². The van der Waals surface area contributed by atoms with Gasteiger partial charge in [-0.05, 0) is 65.7 Å². The third kappa shape index (κ3) is 5.76. The van der Waals surface area contributed by atoms with Crippen LogP contribution < -0.4 is 16.0 Å². The topological polar surface area (TPSA) is 83.1 Å². The van der Waals surface area contributed by atoms with E-state index in [2.05, 4.69) is 20.9 Å². The van der Waals surface area contributed by atoms with Crippen LogP contribution in [0.25, 0.3) is 11.1 Å². The minimum Gasteiger partial charge on any atom is -0.324 e. The predicted octanol–water partition coefficient (Wildman–Crippen LogP) is 6.04. The molecule has 0 saturated carbocycles. The van der Waals surface area contributed by atoms with Crippen molar-refractivity contribution in [2.45, 2.75) is 6.04 Å². The second-order valence-corrected chi connectivity index (χ2v) is 7.80. The molecule has 0 aliphatic rings. The Balaban J connectivity index is 1.51. The molecule has 8 heteroatoms. The van der Waals surface area contributed by atoms with E-state index in [0.29, 0.717) is 16.4 Å². The lowest BCUT2D eigenvalue weighted by Gasteiger charge is -2.20. The van der Waals surface area contributed by atoms with Gasteiger partial charge in [-0.1, -0.05) is 41.9 Å². The third-order valence-electron chi connectivity index (χ3n) is 5.02. The number of nitrogens with one attached hydrogen (secondary N) is 3. The fourth-order valence-electron chi connectivity index (χ4n) is 3.33. The van der Waals surface area contributed by atoms with Gasteiger partial charge in [-0.25, -0.2) is 9.18 Å². The first kappa shape index (κ1) is 22.9. The van der Waals surface area contributed by atoms with Crippen LogP contribution in [0.15, 0.2) is 97.3 Å². The normalized spacial score (nSPS) is 11.4. The molecule has 1 atom stereocenters. The van der Waals surface area contributed by atoms with E-state index >= 15 is 0 Å². The molecule has 0 aliphatic carbocycles. The van der Waals surface area contributed by atoms with Gasteiger partial charge in [0.2, 0.25) is 0 Å². The first-order chi connectivity index (χ1) is 16.5. The Kier molecular flexibility index (Phi) is 7.15. The zero-order valence-electron chi connectivity index (χ0n) is 17.8. The van der Waals surface area contributed by atoms with Crippen molar-refractivity contribution in [1.82, 2.24) is 10.3 Å². The highest BCUT2D eigenvalue weighted by molar-refractivity contribution is 6.30. The van der Waals surface area contributed by atoms with Crippen molar-refractivity contribution in [1.29, 1.82) is 0 Å². The predicted molar refractivity (Wildman–Crippen MR) is 131 cm³/mol. The Bertz CT molecular complexity index is 1280. The van der Waals surface area contributed by atoms with Crippen molar-refractivity contribution in [2.75, 3.05) is 10.6 Å². The molecule has 0 saturated heterocycles. The van der Waals surface area contributed by atoms with Crippen LogP contribution in [0.4, 0.5) is 20.6 Å². The molecule has 4 aromatic rings. The molecule has 0 aliphatic heterocycles. The van der Waals surface area contributed by atoms with Crippen LogP contribution in [-0.4, -0.2) is 16.9 Å². The molecule has 0 radical (unpaired) electrons. The first-order valence-corrected chi connectivity index (χ1v) is 10.8. The molecule has 4 rings (SSSR count). The minimum absolute atomic E-state index is 0.0414. The molecule has 34 heavy (non-hydrogen) atoms. The lowest BCUT2D eigenvalue weighted by atomic mass is 10.0. The number of pyridine rings is 1. The van der Waals surface area contributed by atoms with Crippen LogP contribution >= 0.6 is 11.6 Å². The quantitative estimate of drug-likeness (QED) is 0.318. The molecule has 3 N–H and O–H groups in total. The summed E-state index contributed by atoms with van der Waals surface area (Å²) < 4.78 is 14.5. The van der Waals surface area contributed by atoms with Crippen molar-refractivity contribution < 1.29 is 14.0 Å². The van der Waals surface area contributed by atoms with Gasteiger partial charge in [-0.3, -0.25) is 9.78 Å². The zero-order valence-corrected chi connectivity index (χ0v) is 18.6. The summed E-state index contributed by atoms with van der Waals surface area (Å²) in [5, 5.41) is 8.43. The molecule has 1 unspecified atom stereocenters. The van der Waals surface area contributed by atoms with E-state index in [1.54, 1.807) is 54.9 Å². The average molecular weight is 475 g/mol. The van der Waals surface area contributed by atoms with E-state index in [4.69, 9.17) is 11.6 Å². The number of anilines is 2. The second kappa shape index (κ2) is 10.6. The van der Waals surface area contributed by atoms with Gasteiger partial charge in [0.1, 0.15) is 11.9 Å². The van der Waals surface area contributed by atoms with Crippen LogP contribution in [-0.2, 0) is 4.79 Å². The Morgan fingerprint density at radius 3 is 2.03 bits per heavy atom. The fraction of sp³-hybridized carbons (Fsp3) is 0.0385. The summed E-state index contributed by atoms with van der Waals surface area (Å²) in [6.45, 7) is 0. The number of rotatable bonds is 6. The lowest BCUT2D eigenvalue weighted by Crippen LogP contribution is -2.39. The average Bonchev–Trinajstić information content (AvgIpc) is 2.85. The van der Waals surface area contributed by atoms with Gasteiger partial charge in [0.05, 0.1) is 0 Å². The minimum atomic E-state index is -1.27. The summed E-state index contributed by atoms with van der Waals surface area (Å²) in [4.78, 5) is 29.7. The standard InChI is InChI=1S/C26H20ClFN4O2/c27-19-7-11-21(12-8-19)31-26(34)32-24(22-3-1-2-4-23(22)28)25(33)30-20-9-5-17(6-10-20)18-13-15-29-16-14-18/h1-16,24H,(H,30,33)(H2,31,32,34). The van der Waals surface area contributed by atoms with Gasteiger partial charge >= 0.3 is 6.03 Å². The molecule has 170 valence electrons. The molecule has 0 spiro atoms. The largest absolute Gasteiger partial charge is 0.324 e. The smallest absolute Gasteiger partial charge is 0.320 e. The summed E-state index contributed by atoms with van der Waals surface area (Å²) in [6.07, 6.45) is 3.40. The first-order valence-electron chi connectivity index (χ1n) is 10.4. The second-order valence-electron chi connectivity index (χ2n) is 7.36. The third-order valence-corrected chi connectivity index (χ3v) is 5.27. The van der Waals surface area contributed by atoms with E-state index in [1.165, 1.54) is 18.2 Å². The number of urea groups is 1. The summed E-state index contributed by atoms with van der Waals surface area (Å²) in [6, 6.07) is 21.3. The van der Waals surface area contributed by atoms with Gasteiger partial charge < -0.3 is 16.0 Å². The number of carbonyl (C=O) groups is 2. The highest BCUT2D eigenvalue weighted by atomic mass is 35.5. The van der Waals surface area contributed by atoms with E-state index in [1.807, 2.05) is 24.3 Å². The van der Waals surface area contributed by atoms with Crippen LogP contribution in [0.2, 0.25) is 5.02 Å². The zero-order chi connectivity index (χ0) is 23.9. The number of amides is 3. The van der Waals surface area contributed by atoms with E-state index in [0.717, 1.165) is 11.1 Å². The molecule has 6 nitrogen and oxygen atoms in total. The summed E-state index contributed by atoms with van der Waals surface area (Å²) in [7, 11) is 0. The van der Waals surface area contributed by atoms with Crippen molar-refractivity contribution in [2.24, 2.45) is 0 Å². The maximum Gasteiger partial charge on any atom is 0.320 e. The molecule has 3 amide bonds. The maximum atomic E-state index is 14.5. The fourth-order valence-corrected chi connectivity index (χ4v) is 3.46. The molecule has 1 heterocycles. The number of hydrogen-bond acceptors (Lipinski definition) is 3. The van der Waals surface area contributed by atoms with Crippen LogP contribution in [0.5, 0.6) is 0 Å². The number of carbonyl (C=O) groups excluding carboxylic acids is 2. The Morgan fingerprint density at radius 2 is 1.35 bits per heavy atom. The summed E-state index contributed by atoms with van der Waals surface area (Å²) >= 11 is 5.87. The monoisotopic (exact) mass is 474 g/mol. The van der Waals surface area contributed by atoms with Crippen LogP contribution in [0.1, 0.15) is 11.6 Å². The highest BCUT2D eigenvalue weighted by Crippen LogP contribution is 2.23. The lowest BCUT2D eigenvalue weighted by molar-refractivity contribution is -0.118. The SMILES string of the molecule is O=C(Nc1ccc(Cl)cc1)NC(C(=O)Nc1ccc(-c2ccncc2)cc1)c1ccccc1F. The Morgan fingerprint density at radius 1 is 0.765 bits per heavy atom. The maximum absolute atomic E-state index is 14.5. The molecular formula is C26H20ClFN4O2. The molecule has 3 aromatic carbocycles. The number of benzene rings is 3. The van der Waals surface area contributed by atoms with Gasteiger partial charge in [0.15, 0.2) is 0 Å². The van der Waals surface area contributed by atoms with E-state index in [-0.39, 0.29) is 5.56 Å². The summed E-state index contributed by atoms with van der Waals surface area (Å²) in [5.41, 5.74) is 2.95. The number of aromatic nitrogens is 1. The van der Waals surface area contributed by atoms with Crippen LogP contribution in [0, 0.1) is 5.82 Å². The number of halogens is 2. The van der Waals surface area contributed by atoms with Gasteiger partial charge in [-0.15, -0.1) is 0 Å². The highest BCUT2D eigenvalue weighted by Gasteiger charge is 2.25. The number of nitrogens with zero attached hydrogens (tertiary/aromatic N) is 1. The summed E-state index contributed by atoms with van der Waals surface area (Å²) in [5.74, 6) is -1.20. The Labute approximate surface area is 200 Å². The van der Waals surface area contributed by atoms with E-state index in [9.17, 15) is 14.0 Å².